The Bertz CT molecular complexity index is 396. The quantitative estimate of drug-likeness (QED) is 0.873. The zero-order chi connectivity index (χ0) is 15.2. The molecule has 0 radical (unpaired) electrons. The molecule has 118 valence electrons. The Balaban J connectivity index is 1.93. The van der Waals surface area contributed by atoms with Crippen LogP contribution in [0.4, 0.5) is 0 Å². The van der Waals surface area contributed by atoms with Gasteiger partial charge in [-0.3, -0.25) is 4.90 Å². The van der Waals surface area contributed by atoms with Crippen molar-refractivity contribution in [2.45, 2.75) is 31.7 Å². The van der Waals surface area contributed by atoms with E-state index in [2.05, 4.69) is 61.2 Å². The lowest BCUT2D eigenvalue weighted by Crippen LogP contribution is -2.48. The largest absolute Gasteiger partial charge is 0.329 e. The highest BCUT2D eigenvalue weighted by molar-refractivity contribution is 5.20. The van der Waals surface area contributed by atoms with E-state index in [-0.39, 0.29) is 0 Å². The van der Waals surface area contributed by atoms with E-state index in [4.69, 9.17) is 5.73 Å². The summed E-state index contributed by atoms with van der Waals surface area (Å²) in [6.07, 6.45) is 2.60. The fraction of sp³-hybridized carbons (Fsp3) is 0.667. The summed E-state index contributed by atoms with van der Waals surface area (Å²) in [5, 5.41) is 0. The van der Waals surface area contributed by atoms with E-state index in [1.807, 2.05) is 0 Å². The van der Waals surface area contributed by atoms with Gasteiger partial charge in [0.2, 0.25) is 0 Å². The monoisotopic (exact) mass is 289 g/mol. The molecule has 2 atom stereocenters. The number of piperidine rings is 1. The van der Waals surface area contributed by atoms with Crippen LogP contribution in [0.25, 0.3) is 0 Å². The summed E-state index contributed by atoms with van der Waals surface area (Å²) in [4.78, 5) is 4.93. The molecule has 0 aromatic heterocycles. The van der Waals surface area contributed by atoms with E-state index in [1.54, 1.807) is 0 Å². The average Bonchev–Trinajstić information content (AvgIpc) is 2.50. The maximum absolute atomic E-state index is 6.11. The molecule has 3 heteroatoms. The number of nitrogens with two attached hydrogens (primary N) is 1. The summed E-state index contributed by atoms with van der Waals surface area (Å²) >= 11 is 0. The van der Waals surface area contributed by atoms with E-state index in [9.17, 15) is 0 Å². The van der Waals surface area contributed by atoms with Crippen LogP contribution in [0.2, 0.25) is 0 Å². The van der Waals surface area contributed by atoms with E-state index in [0.29, 0.717) is 12.0 Å². The number of benzene rings is 1. The van der Waals surface area contributed by atoms with Crippen molar-refractivity contribution in [2.24, 2.45) is 11.7 Å². The van der Waals surface area contributed by atoms with E-state index in [1.165, 1.54) is 38.0 Å². The molecule has 0 saturated carbocycles. The standard InChI is InChI=1S/C18H31N3/c1-15(17-7-5-4-6-8-17)18(13-19)21-11-9-16(10-12-21)14-20(2)3/h4-8,15-16,18H,9-14,19H2,1-3H3. The maximum Gasteiger partial charge on any atom is 0.0284 e. The molecule has 1 aromatic carbocycles. The normalized spacial score (nSPS) is 20.6. The molecule has 0 amide bonds. The Morgan fingerprint density at radius 3 is 2.33 bits per heavy atom. The van der Waals surface area contributed by atoms with Crippen molar-refractivity contribution < 1.29 is 0 Å². The van der Waals surface area contributed by atoms with Gasteiger partial charge in [-0.05, 0) is 57.4 Å². The Hall–Kier alpha value is -0.900. The SMILES string of the molecule is CC(c1ccccc1)C(CN)N1CCC(CN(C)C)CC1. The molecule has 1 aliphatic rings. The van der Waals surface area contributed by atoms with Gasteiger partial charge in [0.25, 0.3) is 0 Å². The number of hydrogen-bond acceptors (Lipinski definition) is 3. The second-order valence-corrected chi connectivity index (χ2v) is 6.74. The predicted molar refractivity (Wildman–Crippen MR) is 90.6 cm³/mol. The Morgan fingerprint density at radius 1 is 1.19 bits per heavy atom. The van der Waals surface area contributed by atoms with Crippen molar-refractivity contribution in [2.75, 3.05) is 40.3 Å². The molecule has 2 N–H and O–H groups in total. The van der Waals surface area contributed by atoms with Crippen molar-refractivity contribution >= 4 is 0 Å². The number of nitrogens with zero attached hydrogens (tertiary/aromatic N) is 2. The second-order valence-electron chi connectivity index (χ2n) is 6.74. The van der Waals surface area contributed by atoms with Crippen LogP contribution in [0.1, 0.15) is 31.2 Å². The Labute approximate surface area is 130 Å². The lowest BCUT2D eigenvalue weighted by atomic mass is 9.89. The van der Waals surface area contributed by atoms with Crippen LogP contribution < -0.4 is 5.73 Å². The van der Waals surface area contributed by atoms with E-state index in [0.717, 1.165) is 12.5 Å². The van der Waals surface area contributed by atoms with Gasteiger partial charge in [-0.2, -0.15) is 0 Å². The van der Waals surface area contributed by atoms with Gasteiger partial charge in [0.1, 0.15) is 0 Å². The molecule has 1 fully saturated rings. The van der Waals surface area contributed by atoms with Crippen LogP contribution in [0, 0.1) is 5.92 Å². The second kappa shape index (κ2) is 7.92. The summed E-state index contributed by atoms with van der Waals surface area (Å²) in [6, 6.07) is 11.3. The fourth-order valence-electron chi connectivity index (χ4n) is 3.63. The summed E-state index contributed by atoms with van der Waals surface area (Å²) in [7, 11) is 4.35. The van der Waals surface area contributed by atoms with Gasteiger partial charge >= 0.3 is 0 Å². The van der Waals surface area contributed by atoms with Crippen LogP contribution in [-0.2, 0) is 0 Å². The smallest absolute Gasteiger partial charge is 0.0284 e. The third-order valence-corrected chi connectivity index (χ3v) is 4.89. The summed E-state index contributed by atoms with van der Waals surface area (Å²) in [6.45, 7) is 6.66. The first-order valence-corrected chi connectivity index (χ1v) is 8.25. The lowest BCUT2D eigenvalue weighted by molar-refractivity contribution is 0.111. The third-order valence-electron chi connectivity index (χ3n) is 4.89. The minimum Gasteiger partial charge on any atom is -0.329 e. The summed E-state index contributed by atoms with van der Waals surface area (Å²) < 4.78 is 0. The number of rotatable bonds is 6. The first-order chi connectivity index (χ1) is 10.1. The van der Waals surface area contributed by atoms with Gasteiger partial charge in [-0.15, -0.1) is 0 Å². The van der Waals surface area contributed by atoms with Crippen LogP contribution >= 0.6 is 0 Å². The highest BCUT2D eigenvalue weighted by Gasteiger charge is 2.28. The van der Waals surface area contributed by atoms with E-state index >= 15 is 0 Å². The van der Waals surface area contributed by atoms with Gasteiger partial charge in [0.15, 0.2) is 0 Å². The minimum atomic E-state index is 0.465. The minimum absolute atomic E-state index is 0.465. The van der Waals surface area contributed by atoms with Crippen molar-refractivity contribution in [3.63, 3.8) is 0 Å². The molecule has 2 unspecified atom stereocenters. The average molecular weight is 289 g/mol. The van der Waals surface area contributed by atoms with Crippen molar-refractivity contribution in [3.05, 3.63) is 35.9 Å². The third kappa shape index (κ3) is 4.53. The van der Waals surface area contributed by atoms with Crippen molar-refractivity contribution in [1.29, 1.82) is 0 Å². The first-order valence-electron chi connectivity index (χ1n) is 8.25. The van der Waals surface area contributed by atoms with Gasteiger partial charge < -0.3 is 10.6 Å². The lowest BCUT2D eigenvalue weighted by Gasteiger charge is -2.40. The molecule has 0 bridgehead atoms. The summed E-state index contributed by atoms with van der Waals surface area (Å²) in [5.74, 6) is 1.35. The molecule has 1 aliphatic heterocycles. The number of likely N-dealkylation sites (tertiary alicyclic amines) is 1. The molecular formula is C18H31N3. The first kappa shape index (κ1) is 16.5. The van der Waals surface area contributed by atoms with Gasteiger partial charge in [0.05, 0.1) is 0 Å². The molecular weight excluding hydrogens is 258 g/mol. The van der Waals surface area contributed by atoms with Gasteiger partial charge in [-0.1, -0.05) is 37.3 Å². The van der Waals surface area contributed by atoms with Gasteiger partial charge in [0, 0.05) is 19.1 Å². The van der Waals surface area contributed by atoms with E-state index < -0.39 is 0 Å². The van der Waals surface area contributed by atoms with Crippen molar-refractivity contribution in [3.8, 4) is 0 Å². The molecule has 0 spiro atoms. The van der Waals surface area contributed by atoms with Crippen molar-refractivity contribution in [1.82, 2.24) is 9.80 Å². The molecule has 1 heterocycles. The van der Waals surface area contributed by atoms with Crippen LogP contribution in [0.5, 0.6) is 0 Å². The van der Waals surface area contributed by atoms with Gasteiger partial charge in [-0.25, -0.2) is 0 Å². The molecule has 3 nitrogen and oxygen atoms in total. The van der Waals surface area contributed by atoms with Crippen LogP contribution in [0.3, 0.4) is 0 Å². The fourth-order valence-corrected chi connectivity index (χ4v) is 3.63. The Morgan fingerprint density at radius 2 is 1.81 bits per heavy atom. The zero-order valence-electron chi connectivity index (χ0n) is 13.8. The highest BCUT2D eigenvalue weighted by atomic mass is 15.2. The molecule has 1 aromatic rings. The zero-order valence-corrected chi connectivity index (χ0v) is 13.8. The molecule has 1 saturated heterocycles. The van der Waals surface area contributed by atoms with Crippen LogP contribution in [-0.4, -0.2) is 56.1 Å². The highest BCUT2D eigenvalue weighted by Crippen LogP contribution is 2.27. The predicted octanol–water partition coefficient (Wildman–Crippen LogP) is 2.39. The summed E-state index contributed by atoms with van der Waals surface area (Å²) in [5.41, 5.74) is 7.51. The maximum atomic E-state index is 6.11. The Kier molecular flexibility index (Phi) is 6.22. The number of hydrogen-bond donors (Lipinski definition) is 1. The molecule has 2 rings (SSSR count). The topological polar surface area (TPSA) is 32.5 Å². The molecule has 21 heavy (non-hydrogen) atoms. The molecule has 0 aliphatic carbocycles. The van der Waals surface area contributed by atoms with Crippen LogP contribution in [0.15, 0.2) is 30.3 Å².